The molecule has 0 unspecified atom stereocenters. The number of hydrogen-bond acceptors (Lipinski definition) is 5. The van der Waals surface area contributed by atoms with Crippen molar-refractivity contribution in [3.63, 3.8) is 0 Å². The van der Waals surface area contributed by atoms with Crippen LogP contribution in [0.25, 0.3) is 11.0 Å². The predicted octanol–water partition coefficient (Wildman–Crippen LogP) is 3.61. The Morgan fingerprint density at radius 2 is 2.12 bits per heavy atom. The number of nitrogens with zero attached hydrogens (tertiary/aromatic N) is 2. The van der Waals surface area contributed by atoms with Crippen molar-refractivity contribution >= 4 is 16.9 Å². The first-order valence-corrected chi connectivity index (χ1v) is 11.7. The minimum Gasteiger partial charge on any atom is -0.453 e. The summed E-state index contributed by atoms with van der Waals surface area (Å²) >= 11 is 0. The first-order chi connectivity index (χ1) is 16.4. The van der Waals surface area contributed by atoms with Crippen LogP contribution >= 0.6 is 0 Å². The summed E-state index contributed by atoms with van der Waals surface area (Å²) in [5.41, 5.74) is 8.36. The maximum Gasteiger partial charge on any atom is 0.237 e. The van der Waals surface area contributed by atoms with Crippen molar-refractivity contribution in [2.75, 3.05) is 26.3 Å². The van der Waals surface area contributed by atoms with Gasteiger partial charge in [0.25, 0.3) is 0 Å². The Morgan fingerprint density at radius 3 is 2.85 bits per heavy atom. The second-order valence-corrected chi connectivity index (χ2v) is 8.85. The SMILES string of the molecule is Cc1c[nH]c2nccc(Oc3ccc(C[C@H](N)C(=O)NC4CCN(CCCF)CC4)cc3F)c12. The summed E-state index contributed by atoms with van der Waals surface area (Å²) in [6, 6.07) is 5.60. The van der Waals surface area contributed by atoms with Crippen molar-refractivity contribution in [1.29, 1.82) is 0 Å². The number of aromatic amines is 1. The lowest BCUT2D eigenvalue weighted by molar-refractivity contribution is -0.123. The van der Waals surface area contributed by atoms with Gasteiger partial charge < -0.3 is 25.7 Å². The molecule has 1 amide bonds. The second-order valence-electron chi connectivity index (χ2n) is 8.85. The van der Waals surface area contributed by atoms with Crippen LogP contribution in [0.15, 0.2) is 36.7 Å². The summed E-state index contributed by atoms with van der Waals surface area (Å²) in [4.78, 5) is 22.1. The molecular weight excluding hydrogens is 440 g/mol. The summed E-state index contributed by atoms with van der Waals surface area (Å²) in [5, 5.41) is 3.81. The normalized spacial score (nSPS) is 16.0. The molecule has 0 radical (unpaired) electrons. The number of carbonyl (C=O) groups is 1. The molecule has 1 fully saturated rings. The summed E-state index contributed by atoms with van der Waals surface area (Å²) in [5.74, 6) is -0.162. The van der Waals surface area contributed by atoms with E-state index < -0.39 is 11.9 Å². The number of pyridine rings is 1. The molecule has 0 aliphatic carbocycles. The number of amides is 1. The lowest BCUT2D eigenvalue weighted by Gasteiger charge is -2.32. The van der Waals surface area contributed by atoms with E-state index in [1.807, 2.05) is 13.1 Å². The number of piperidine rings is 1. The highest BCUT2D eigenvalue weighted by Gasteiger charge is 2.23. The Labute approximate surface area is 197 Å². The molecule has 3 heterocycles. The van der Waals surface area contributed by atoms with Gasteiger partial charge in [0, 0.05) is 38.1 Å². The first kappa shape index (κ1) is 24.1. The molecule has 0 saturated carbocycles. The van der Waals surface area contributed by atoms with E-state index in [0.29, 0.717) is 23.4 Å². The Kier molecular flexibility index (Phi) is 7.74. The van der Waals surface area contributed by atoms with Crippen molar-refractivity contribution in [2.24, 2.45) is 5.73 Å². The lowest BCUT2D eigenvalue weighted by atomic mass is 10.0. The van der Waals surface area contributed by atoms with Gasteiger partial charge in [-0.15, -0.1) is 0 Å². The fourth-order valence-corrected chi connectivity index (χ4v) is 4.38. The van der Waals surface area contributed by atoms with Gasteiger partial charge in [-0.3, -0.25) is 9.18 Å². The average Bonchev–Trinajstić information content (AvgIpc) is 3.22. The minimum absolute atomic E-state index is 0.0572. The van der Waals surface area contributed by atoms with Crippen molar-refractivity contribution in [3.8, 4) is 11.5 Å². The molecule has 4 rings (SSSR count). The number of hydrogen-bond donors (Lipinski definition) is 3. The molecule has 4 N–H and O–H groups in total. The number of fused-ring (bicyclic) bond motifs is 1. The number of benzene rings is 1. The molecule has 1 aliphatic heterocycles. The number of carbonyl (C=O) groups excluding carboxylic acids is 1. The summed E-state index contributed by atoms with van der Waals surface area (Å²) in [6.07, 6.45) is 5.82. The molecule has 34 heavy (non-hydrogen) atoms. The molecule has 1 aliphatic rings. The van der Waals surface area contributed by atoms with E-state index in [1.165, 1.54) is 6.07 Å². The van der Waals surface area contributed by atoms with Gasteiger partial charge in [0.2, 0.25) is 5.91 Å². The number of ether oxygens (including phenoxy) is 1. The molecule has 0 spiro atoms. The highest BCUT2D eigenvalue weighted by Crippen LogP contribution is 2.32. The van der Waals surface area contributed by atoms with Crippen LogP contribution in [0.5, 0.6) is 11.5 Å². The Bertz CT molecular complexity index is 1130. The number of rotatable bonds is 9. The van der Waals surface area contributed by atoms with E-state index in [1.54, 1.807) is 24.4 Å². The zero-order valence-electron chi connectivity index (χ0n) is 19.3. The number of nitrogens with one attached hydrogen (secondary N) is 2. The summed E-state index contributed by atoms with van der Waals surface area (Å²) in [6.45, 7) is 4.03. The van der Waals surface area contributed by atoms with Gasteiger partial charge in [0.1, 0.15) is 11.4 Å². The van der Waals surface area contributed by atoms with Crippen LogP contribution in [-0.2, 0) is 11.2 Å². The zero-order valence-corrected chi connectivity index (χ0v) is 19.3. The maximum absolute atomic E-state index is 14.8. The molecule has 1 atom stereocenters. The number of H-pyrrole nitrogens is 1. The smallest absolute Gasteiger partial charge is 0.237 e. The molecule has 7 nitrogen and oxygen atoms in total. The summed E-state index contributed by atoms with van der Waals surface area (Å²) in [7, 11) is 0. The monoisotopic (exact) mass is 471 g/mol. The molecule has 182 valence electrons. The fraction of sp³-hybridized carbons (Fsp3) is 0.440. The molecule has 2 aromatic heterocycles. The zero-order chi connectivity index (χ0) is 24.1. The Hall–Kier alpha value is -3.04. The van der Waals surface area contributed by atoms with E-state index in [4.69, 9.17) is 10.5 Å². The molecule has 0 bridgehead atoms. The van der Waals surface area contributed by atoms with Crippen molar-refractivity contribution in [1.82, 2.24) is 20.2 Å². The standard InChI is InChI=1S/C25H31F2N5O2/c1-16-15-30-24-23(16)22(5-9-29-24)34-21-4-3-17(13-19(21)27)14-20(28)25(33)31-18-6-11-32(12-7-18)10-2-8-26/h3-5,9,13,15,18,20H,2,6-8,10-12,14,28H2,1H3,(H,29,30)(H,31,33)/t20-/m0/s1. The van der Waals surface area contributed by atoms with Crippen molar-refractivity contribution in [3.05, 3.63) is 53.6 Å². The van der Waals surface area contributed by atoms with Crippen LogP contribution in [0.4, 0.5) is 8.78 Å². The van der Waals surface area contributed by atoms with Crippen LogP contribution in [0.1, 0.15) is 30.4 Å². The van der Waals surface area contributed by atoms with Gasteiger partial charge in [-0.25, -0.2) is 9.37 Å². The third-order valence-corrected chi connectivity index (χ3v) is 6.28. The van der Waals surface area contributed by atoms with Crippen LogP contribution in [-0.4, -0.2) is 59.2 Å². The lowest BCUT2D eigenvalue weighted by Crippen LogP contribution is -2.50. The Morgan fingerprint density at radius 1 is 1.32 bits per heavy atom. The van der Waals surface area contributed by atoms with Gasteiger partial charge in [-0.05, 0) is 61.9 Å². The topological polar surface area (TPSA) is 96.3 Å². The highest BCUT2D eigenvalue weighted by atomic mass is 19.1. The van der Waals surface area contributed by atoms with Gasteiger partial charge >= 0.3 is 0 Å². The first-order valence-electron chi connectivity index (χ1n) is 11.7. The third kappa shape index (κ3) is 5.71. The number of likely N-dealkylation sites (tertiary alicyclic amines) is 1. The predicted molar refractivity (Wildman–Crippen MR) is 127 cm³/mol. The third-order valence-electron chi connectivity index (χ3n) is 6.28. The molecular formula is C25H31F2N5O2. The molecule has 3 aromatic rings. The maximum atomic E-state index is 14.8. The van der Waals surface area contributed by atoms with Crippen LogP contribution in [0, 0.1) is 12.7 Å². The number of alkyl halides is 1. The number of nitrogens with two attached hydrogens (primary N) is 1. The van der Waals surface area contributed by atoms with Crippen LogP contribution in [0.2, 0.25) is 0 Å². The highest BCUT2D eigenvalue weighted by molar-refractivity contribution is 5.86. The number of halogens is 2. The summed E-state index contributed by atoms with van der Waals surface area (Å²) < 4.78 is 33.0. The van der Waals surface area contributed by atoms with Crippen molar-refractivity contribution in [2.45, 2.75) is 44.7 Å². The number of aryl methyl sites for hydroxylation is 1. The van der Waals surface area contributed by atoms with E-state index >= 15 is 0 Å². The van der Waals surface area contributed by atoms with E-state index in [2.05, 4.69) is 20.2 Å². The quantitative estimate of drug-likeness (QED) is 0.443. The van der Waals surface area contributed by atoms with Gasteiger partial charge in [-0.1, -0.05) is 6.07 Å². The molecule has 1 saturated heterocycles. The average molecular weight is 472 g/mol. The molecule has 1 aromatic carbocycles. The van der Waals surface area contributed by atoms with Gasteiger partial charge in [-0.2, -0.15) is 0 Å². The largest absolute Gasteiger partial charge is 0.453 e. The van der Waals surface area contributed by atoms with Crippen LogP contribution < -0.4 is 15.8 Å². The van der Waals surface area contributed by atoms with E-state index in [0.717, 1.165) is 43.4 Å². The van der Waals surface area contributed by atoms with Gasteiger partial charge in [0.05, 0.1) is 18.1 Å². The number of aromatic nitrogens is 2. The van der Waals surface area contributed by atoms with Crippen molar-refractivity contribution < 1.29 is 18.3 Å². The van der Waals surface area contributed by atoms with Crippen LogP contribution in [0.3, 0.4) is 0 Å². The fourth-order valence-electron chi connectivity index (χ4n) is 4.38. The van der Waals surface area contributed by atoms with Gasteiger partial charge in [0.15, 0.2) is 11.6 Å². The molecule has 9 heteroatoms. The van der Waals surface area contributed by atoms with E-state index in [-0.39, 0.29) is 30.8 Å². The Balaban J connectivity index is 1.32. The minimum atomic E-state index is -0.780. The second kappa shape index (κ2) is 10.9. The van der Waals surface area contributed by atoms with E-state index in [9.17, 15) is 13.6 Å².